The number of fused-ring (bicyclic) bond motifs is 1. The number of morpholine rings is 1. The van der Waals surface area contributed by atoms with Crippen molar-refractivity contribution < 1.29 is 76.4 Å². The first-order chi connectivity index (χ1) is 64.2. The first kappa shape index (κ1) is 111. The van der Waals surface area contributed by atoms with Gasteiger partial charge < -0.3 is 82.3 Å². The molecule has 5 saturated carbocycles. The van der Waals surface area contributed by atoms with Gasteiger partial charge in [0.2, 0.25) is 29.5 Å². The quantitative estimate of drug-likeness (QED) is 0.114. The van der Waals surface area contributed by atoms with Crippen molar-refractivity contribution in [3.8, 4) is 0 Å². The van der Waals surface area contributed by atoms with Gasteiger partial charge in [-0.3, -0.25) is 29.0 Å². The highest BCUT2D eigenvalue weighted by Gasteiger charge is 2.40. The second-order valence-electron chi connectivity index (χ2n) is 45.5. The molecule has 10 aliphatic rings. The molecular weight excluding hydrogens is 1720 g/mol. The normalized spacial score (nSPS) is 23.6. The van der Waals surface area contributed by atoms with Crippen LogP contribution in [-0.4, -0.2) is 295 Å². The third kappa shape index (κ3) is 37.7. The van der Waals surface area contributed by atoms with Crippen molar-refractivity contribution in [1.82, 2.24) is 54.0 Å². The molecule has 6 heterocycles. The molecule has 5 aliphatic carbocycles. The monoisotopic (exact) mass is 1900 g/mol. The minimum atomic E-state index is -0.472. The molecule has 0 bridgehead atoms. The van der Waals surface area contributed by atoms with Gasteiger partial charge in [0.1, 0.15) is 28.0 Å². The number of rotatable bonds is 17. The Morgan fingerprint density at radius 3 is 0.904 bits per heavy atom. The molecule has 4 saturated heterocycles. The lowest BCUT2D eigenvalue weighted by Gasteiger charge is -2.39. The van der Waals surface area contributed by atoms with E-state index in [2.05, 4.69) is 85.2 Å². The van der Waals surface area contributed by atoms with Gasteiger partial charge in [0, 0.05) is 194 Å². The van der Waals surface area contributed by atoms with Gasteiger partial charge in [-0.15, -0.1) is 0 Å². The number of carbonyl (C=O) groups excluding carboxylic acids is 10. The number of ether oxygens (including phenoxy) is 6. The topological polar surface area (TPSA) is 275 Å². The van der Waals surface area contributed by atoms with Gasteiger partial charge in [0.05, 0.1) is 13.2 Å². The van der Waals surface area contributed by atoms with Gasteiger partial charge in [-0.05, 0) is 347 Å². The molecule has 2 aromatic carbocycles. The summed E-state index contributed by atoms with van der Waals surface area (Å²) in [6.07, 6.45) is 28.3. The maximum atomic E-state index is 13.0. The molecule has 762 valence electrons. The third-order valence-corrected chi connectivity index (χ3v) is 28.3. The zero-order chi connectivity index (χ0) is 99.2. The Bertz CT molecular complexity index is 3980. The van der Waals surface area contributed by atoms with Gasteiger partial charge >= 0.3 is 30.5 Å². The van der Waals surface area contributed by atoms with E-state index in [4.69, 9.17) is 28.4 Å². The molecule has 0 spiro atoms. The molecule has 10 amide bonds. The zero-order valence-corrected chi connectivity index (χ0v) is 87.1. The number of aromatic nitrogens is 1. The SMILES string of the molecule is CN(CC1CCC(C(=O)N2CCC(c3ccncc3)CC2)CC1)C(=O)OC(C)(C)C.CN(CC1CCC(C(=O)N2CCCCC2)CC1)C(=O)OC(C)(C)C.CN(CC1CCC(C(=O)N2CCN(c3ccccc3)CC2)CC1)C(=O)OC(C)(C)C.CN(CC1CCC(C(=O)N2CCOCC2)CC1)C(=O)OC(C)(C)C.CN(CC1CCC(C(=O)N2CCc3ccccc3C2)CC1)C(=O)OC(C)(C)C. The van der Waals surface area contributed by atoms with Crippen molar-refractivity contribution in [3.05, 3.63) is 95.8 Å². The van der Waals surface area contributed by atoms with Gasteiger partial charge in [-0.25, -0.2) is 24.0 Å². The Kier molecular flexibility index (Phi) is 42.6. The minimum absolute atomic E-state index is 0.133. The predicted molar refractivity (Wildman–Crippen MR) is 533 cm³/mol. The number of para-hydroxylation sites is 1. The van der Waals surface area contributed by atoms with Crippen molar-refractivity contribution in [2.24, 2.45) is 59.2 Å². The number of piperazine rings is 1. The van der Waals surface area contributed by atoms with E-state index in [0.29, 0.717) is 98.5 Å². The molecule has 0 radical (unpaired) electrons. The van der Waals surface area contributed by atoms with Crippen LogP contribution in [0.1, 0.15) is 287 Å². The molecule has 1 aromatic heterocycles. The Hall–Kier alpha value is -8.95. The van der Waals surface area contributed by atoms with Gasteiger partial charge in [-0.1, -0.05) is 42.5 Å². The lowest BCUT2D eigenvalue weighted by atomic mass is 9.80. The first-order valence-corrected chi connectivity index (χ1v) is 51.7. The number of pyridine rings is 1. The lowest BCUT2D eigenvalue weighted by Crippen LogP contribution is -2.50. The van der Waals surface area contributed by atoms with Crippen molar-refractivity contribution >= 4 is 65.7 Å². The number of piperidine rings is 2. The molecule has 0 atom stereocenters. The van der Waals surface area contributed by atoms with E-state index in [1.807, 2.05) is 132 Å². The molecule has 3 aromatic rings. The van der Waals surface area contributed by atoms with E-state index in [1.54, 1.807) is 59.7 Å². The Labute approximate surface area is 816 Å². The van der Waals surface area contributed by atoms with Crippen molar-refractivity contribution in [2.45, 2.75) is 311 Å². The minimum Gasteiger partial charge on any atom is -0.444 e. The summed E-state index contributed by atoms with van der Waals surface area (Å²) >= 11 is 0. The maximum Gasteiger partial charge on any atom is 0.410 e. The Morgan fingerprint density at radius 1 is 0.309 bits per heavy atom. The summed E-state index contributed by atoms with van der Waals surface area (Å²) in [7, 11) is 9.00. The largest absolute Gasteiger partial charge is 0.444 e. The van der Waals surface area contributed by atoms with Crippen LogP contribution in [0.5, 0.6) is 0 Å². The zero-order valence-electron chi connectivity index (χ0n) is 87.1. The molecule has 5 aliphatic heterocycles. The second-order valence-corrected chi connectivity index (χ2v) is 45.5. The van der Waals surface area contributed by atoms with E-state index in [9.17, 15) is 47.9 Å². The van der Waals surface area contributed by atoms with E-state index in [0.717, 1.165) is 246 Å². The van der Waals surface area contributed by atoms with Crippen LogP contribution in [0.3, 0.4) is 0 Å². The van der Waals surface area contributed by atoms with Gasteiger partial charge in [0.15, 0.2) is 0 Å². The number of benzene rings is 2. The van der Waals surface area contributed by atoms with Crippen LogP contribution in [0.4, 0.5) is 29.7 Å². The fraction of sp³-hybridized carbons (Fsp3) is 0.750. The van der Waals surface area contributed by atoms with Crippen LogP contribution in [0, 0.1) is 59.2 Å². The van der Waals surface area contributed by atoms with Crippen LogP contribution < -0.4 is 4.90 Å². The van der Waals surface area contributed by atoms with Gasteiger partial charge in [-0.2, -0.15) is 0 Å². The molecule has 0 unspecified atom stereocenters. The number of nitrogens with zero attached hydrogens (tertiary/aromatic N) is 12. The molecule has 136 heavy (non-hydrogen) atoms. The highest BCUT2D eigenvalue weighted by molar-refractivity contribution is 5.82. The number of amides is 10. The van der Waals surface area contributed by atoms with E-state index < -0.39 is 28.0 Å². The summed E-state index contributed by atoms with van der Waals surface area (Å²) in [6.45, 7) is 43.1. The molecule has 13 rings (SSSR count). The summed E-state index contributed by atoms with van der Waals surface area (Å²) < 4.78 is 32.4. The summed E-state index contributed by atoms with van der Waals surface area (Å²) in [5, 5.41) is 0. The predicted octanol–water partition coefficient (Wildman–Crippen LogP) is 18.9. The lowest BCUT2D eigenvalue weighted by molar-refractivity contribution is -0.141. The number of carbonyl (C=O) groups is 10. The molecule has 28 nitrogen and oxygen atoms in total. The van der Waals surface area contributed by atoms with Crippen LogP contribution >= 0.6 is 0 Å². The van der Waals surface area contributed by atoms with E-state index >= 15 is 0 Å². The van der Waals surface area contributed by atoms with Gasteiger partial charge in [0.25, 0.3) is 0 Å². The molecule has 9 fully saturated rings. The molecular formula is C108H174N12O16. The highest BCUT2D eigenvalue weighted by Crippen LogP contribution is 2.39. The van der Waals surface area contributed by atoms with Crippen LogP contribution in [0.15, 0.2) is 79.1 Å². The number of anilines is 1. The van der Waals surface area contributed by atoms with Crippen molar-refractivity contribution in [3.63, 3.8) is 0 Å². The summed E-state index contributed by atoms with van der Waals surface area (Å²) in [6, 6.07) is 23.0. The first-order valence-electron chi connectivity index (χ1n) is 51.7. The molecule has 28 heteroatoms. The summed E-state index contributed by atoms with van der Waals surface area (Å²) in [5.74, 6) is 5.20. The standard InChI is InChI=1S/2C24H37N3O3.C23H34N2O3.C19H34N2O3.C18H32N2O4/c1-24(2,3)30-23(29)26(4)17-18-5-7-21(8-6-18)22(28)27-15-11-20(12-16-27)19-9-13-25-14-10-19;1-24(2,3)30-23(29)25(4)18-19-10-12-20(13-11-19)22(28)27-16-14-26(15-17-27)21-8-6-5-7-9-21;1-23(2,3)28-22(27)24(4)15-17-9-11-19(12-10-17)21(26)25-14-13-18-7-5-6-8-20(18)16-25;1-19(2,3)24-18(23)20(4)14-15-8-10-16(11-9-15)17(22)21-12-6-5-7-13-21;1-18(2,3)24-17(22)19(4)13-14-5-7-15(8-6-14)16(21)20-9-11-23-12-10-20/h9-10,13-14,18,20-21H,5-8,11-12,15-17H2,1-4H3;5-9,19-20H,10-18H2,1-4H3;5-8,17,19H,9-16H2,1-4H3;15-16H,5-14H2,1-4H3;14-15H,5-13H2,1-4H3. The number of likely N-dealkylation sites (tertiary alicyclic amines) is 2. The fourth-order valence-electron chi connectivity index (χ4n) is 20.7. The average Bonchev–Trinajstić information content (AvgIpc) is 0.815. The van der Waals surface area contributed by atoms with E-state index in [-0.39, 0.29) is 66.0 Å². The number of hydrogen-bond acceptors (Lipinski definition) is 18. The Balaban J connectivity index is 0.000000191. The van der Waals surface area contributed by atoms with Crippen LogP contribution in [0.25, 0.3) is 0 Å². The summed E-state index contributed by atoms with van der Waals surface area (Å²) in [5.41, 5.74) is 2.90. The highest BCUT2D eigenvalue weighted by atomic mass is 16.6. The second kappa shape index (κ2) is 52.3. The smallest absolute Gasteiger partial charge is 0.410 e. The fourth-order valence-corrected chi connectivity index (χ4v) is 20.7. The average molecular weight is 1900 g/mol. The number of hydrogen-bond donors (Lipinski definition) is 0. The van der Waals surface area contributed by atoms with E-state index in [1.165, 1.54) is 28.8 Å². The van der Waals surface area contributed by atoms with Crippen LogP contribution in [-0.2, 0) is 65.4 Å². The maximum absolute atomic E-state index is 13.0. The Morgan fingerprint density at radius 2 is 0.588 bits per heavy atom. The van der Waals surface area contributed by atoms with Crippen LogP contribution in [0.2, 0.25) is 0 Å². The third-order valence-electron chi connectivity index (χ3n) is 28.3. The summed E-state index contributed by atoms with van der Waals surface area (Å²) in [4.78, 5) is 150. The van der Waals surface area contributed by atoms with Crippen molar-refractivity contribution in [2.75, 3.05) is 158 Å². The molecule has 0 N–H and O–H groups in total. The van der Waals surface area contributed by atoms with Crippen molar-refractivity contribution in [1.29, 1.82) is 0 Å².